The lowest BCUT2D eigenvalue weighted by molar-refractivity contribution is -0.120. The molecule has 0 aliphatic rings. The predicted octanol–water partition coefficient (Wildman–Crippen LogP) is 4.10. The van der Waals surface area contributed by atoms with Crippen LogP contribution >= 0.6 is 0 Å². The van der Waals surface area contributed by atoms with Crippen LogP contribution in [0.15, 0.2) is 12.2 Å². The SMILES string of the molecule is CCCCCCCCCCCCC/C=C/[C@H](O)[C@@H](CO)NC(C)=O. The first-order valence-corrected chi connectivity index (χ1v) is 9.84. The summed E-state index contributed by atoms with van der Waals surface area (Å²) < 4.78 is 0. The highest BCUT2D eigenvalue weighted by Crippen LogP contribution is 2.12. The Morgan fingerprint density at radius 2 is 1.46 bits per heavy atom. The minimum Gasteiger partial charge on any atom is -0.394 e. The topological polar surface area (TPSA) is 69.6 Å². The van der Waals surface area contributed by atoms with Crippen LogP contribution in [-0.4, -0.2) is 34.9 Å². The second kappa shape index (κ2) is 17.0. The molecule has 142 valence electrons. The lowest BCUT2D eigenvalue weighted by Crippen LogP contribution is -2.44. The van der Waals surface area contributed by atoms with E-state index in [-0.39, 0.29) is 12.5 Å². The lowest BCUT2D eigenvalue weighted by Gasteiger charge is -2.18. The number of rotatable bonds is 16. The van der Waals surface area contributed by atoms with Gasteiger partial charge in [-0.2, -0.15) is 0 Å². The Labute approximate surface area is 148 Å². The van der Waals surface area contributed by atoms with Crippen LogP contribution in [0.1, 0.15) is 90.9 Å². The van der Waals surface area contributed by atoms with Crippen molar-refractivity contribution in [2.45, 2.75) is 103 Å². The van der Waals surface area contributed by atoms with Crippen LogP contribution in [0.2, 0.25) is 0 Å². The van der Waals surface area contributed by atoms with E-state index in [1.807, 2.05) is 6.08 Å². The highest BCUT2D eigenvalue weighted by molar-refractivity contribution is 5.73. The molecule has 0 aliphatic heterocycles. The largest absolute Gasteiger partial charge is 0.394 e. The van der Waals surface area contributed by atoms with Crippen molar-refractivity contribution in [1.82, 2.24) is 5.32 Å². The number of aliphatic hydroxyl groups is 2. The van der Waals surface area contributed by atoms with E-state index in [2.05, 4.69) is 12.2 Å². The van der Waals surface area contributed by atoms with Crippen LogP contribution in [0.25, 0.3) is 0 Å². The maximum absolute atomic E-state index is 10.9. The highest BCUT2D eigenvalue weighted by atomic mass is 16.3. The molecule has 0 spiro atoms. The highest BCUT2D eigenvalue weighted by Gasteiger charge is 2.15. The van der Waals surface area contributed by atoms with Gasteiger partial charge in [-0.05, 0) is 12.8 Å². The smallest absolute Gasteiger partial charge is 0.217 e. The van der Waals surface area contributed by atoms with E-state index < -0.39 is 12.1 Å². The summed E-state index contributed by atoms with van der Waals surface area (Å²) in [6, 6.07) is -0.615. The average molecular weight is 342 g/mol. The monoisotopic (exact) mass is 341 g/mol. The van der Waals surface area contributed by atoms with Gasteiger partial charge in [0.1, 0.15) is 0 Å². The van der Waals surface area contributed by atoms with Gasteiger partial charge in [-0.25, -0.2) is 0 Å². The minimum absolute atomic E-state index is 0.244. The third kappa shape index (κ3) is 14.7. The Balaban J connectivity index is 3.47. The van der Waals surface area contributed by atoms with E-state index in [0.717, 1.165) is 12.8 Å². The number of hydrogen-bond donors (Lipinski definition) is 3. The summed E-state index contributed by atoms with van der Waals surface area (Å²) in [5, 5.41) is 21.5. The Kier molecular flexibility index (Phi) is 16.4. The molecule has 0 fully saturated rings. The van der Waals surface area contributed by atoms with Crippen LogP contribution in [-0.2, 0) is 4.79 Å². The molecule has 0 saturated heterocycles. The molecule has 0 saturated carbocycles. The van der Waals surface area contributed by atoms with E-state index in [9.17, 15) is 9.90 Å². The summed E-state index contributed by atoms with van der Waals surface area (Å²) in [5.41, 5.74) is 0. The van der Waals surface area contributed by atoms with Crippen molar-refractivity contribution in [1.29, 1.82) is 0 Å². The van der Waals surface area contributed by atoms with E-state index in [0.29, 0.717) is 0 Å². The number of hydrogen-bond acceptors (Lipinski definition) is 3. The van der Waals surface area contributed by atoms with E-state index in [1.165, 1.54) is 71.1 Å². The number of carbonyl (C=O) groups excluding carboxylic acids is 1. The van der Waals surface area contributed by atoms with Gasteiger partial charge in [0.2, 0.25) is 5.91 Å². The van der Waals surface area contributed by atoms with Gasteiger partial charge in [0, 0.05) is 6.92 Å². The molecule has 0 bridgehead atoms. The molecule has 1 amide bonds. The molecule has 4 nitrogen and oxygen atoms in total. The normalized spacial score (nSPS) is 14.0. The first kappa shape index (κ1) is 23.1. The number of nitrogens with one attached hydrogen (secondary N) is 1. The Morgan fingerprint density at radius 3 is 1.92 bits per heavy atom. The van der Waals surface area contributed by atoms with Gasteiger partial charge in [-0.3, -0.25) is 4.79 Å². The van der Waals surface area contributed by atoms with Crippen molar-refractivity contribution >= 4 is 5.91 Å². The van der Waals surface area contributed by atoms with Gasteiger partial charge in [-0.15, -0.1) is 0 Å². The molecule has 2 atom stereocenters. The van der Waals surface area contributed by atoms with Crippen LogP contribution < -0.4 is 5.32 Å². The van der Waals surface area contributed by atoms with Crippen LogP contribution in [0.5, 0.6) is 0 Å². The fraction of sp³-hybridized carbons (Fsp3) is 0.850. The molecular weight excluding hydrogens is 302 g/mol. The fourth-order valence-electron chi connectivity index (χ4n) is 2.80. The zero-order valence-corrected chi connectivity index (χ0v) is 15.8. The molecule has 3 N–H and O–H groups in total. The van der Waals surface area contributed by atoms with Crippen molar-refractivity contribution in [2.24, 2.45) is 0 Å². The van der Waals surface area contributed by atoms with Crippen molar-refractivity contribution < 1.29 is 15.0 Å². The third-order valence-corrected chi connectivity index (χ3v) is 4.31. The Morgan fingerprint density at radius 1 is 0.958 bits per heavy atom. The predicted molar refractivity (Wildman–Crippen MR) is 101 cm³/mol. The second-order valence-electron chi connectivity index (χ2n) is 6.73. The van der Waals surface area contributed by atoms with Crippen molar-refractivity contribution in [3.05, 3.63) is 12.2 Å². The molecule has 0 aromatic heterocycles. The van der Waals surface area contributed by atoms with E-state index in [1.54, 1.807) is 6.08 Å². The lowest BCUT2D eigenvalue weighted by atomic mass is 10.0. The maximum atomic E-state index is 10.9. The molecule has 24 heavy (non-hydrogen) atoms. The number of unbranched alkanes of at least 4 members (excludes halogenated alkanes) is 11. The van der Waals surface area contributed by atoms with Crippen LogP contribution in [0, 0.1) is 0 Å². The number of amides is 1. The number of aliphatic hydroxyl groups excluding tert-OH is 2. The Hall–Kier alpha value is -0.870. The van der Waals surface area contributed by atoms with Crippen molar-refractivity contribution in [2.75, 3.05) is 6.61 Å². The number of carbonyl (C=O) groups is 1. The third-order valence-electron chi connectivity index (χ3n) is 4.31. The zero-order chi connectivity index (χ0) is 18.0. The standard InChI is InChI=1S/C20H39NO3/c1-3-4-5-6-7-8-9-10-11-12-13-14-15-16-20(24)19(17-22)21-18(2)23/h15-16,19-20,22,24H,3-14,17H2,1-2H3,(H,21,23)/b16-15+/t19-,20+/m1/s1. The summed E-state index contributed by atoms with van der Waals surface area (Å²) in [7, 11) is 0. The average Bonchev–Trinajstić information content (AvgIpc) is 2.56. The summed E-state index contributed by atoms with van der Waals surface area (Å²) in [6.45, 7) is 3.37. The Bertz CT molecular complexity index is 318. The first-order valence-electron chi connectivity index (χ1n) is 9.84. The zero-order valence-electron chi connectivity index (χ0n) is 15.8. The summed E-state index contributed by atoms with van der Waals surface area (Å²) in [5.74, 6) is -0.244. The molecule has 0 unspecified atom stereocenters. The summed E-state index contributed by atoms with van der Waals surface area (Å²) >= 11 is 0. The van der Waals surface area contributed by atoms with Crippen molar-refractivity contribution in [3.8, 4) is 0 Å². The maximum Gasteiger partial charge on any atom is 0.217 e. The first-order chi connectivity index (χ1) is 11.6. The van der Waals surface area contributed by atoms with Gasteiger partial charge in [0.25, 0.3) is 0 Å². The van der Waals surface area contributed by atoms with E-state index in [4.69, 9.17) is 5.11 Å². The molecular formula is C20H39NO3. The summed E-state index contributed by atoms with van der Waals surface area (Å²) in [6.07, 6.45) is 18.3. The van der Waals surface area contributed by atoms with Gasteiger partial charge in [-0.1, -0.05) is 83.3 Å². The molecule has 0 heterocycles. The van der Waals surface area contributed by atoms with E-state index >= 15 is 0 Å². The minimum atomic E-state index is -0.827. The summed E-state index contributed by atoms with van der Waals surface area (Å²) in [4.78, 5) is 10.9. The van der Waals surface area contributed by atoms with Crippen LogP contribution in [0.3, 0.4) is 0 Å². The van der Waals surface area contributed by atoms with Gasteiger partial charge >= 0.3 is 0 Å². The van der Waals surface area contributed by atoms with Gasteiger partial charge in [0.15, 0.2) is 0 Å². The van der Waals surface area contributed by atoms with Crippen LogP contribution in [0.4, 0.5) is 0 Å². The molecule has 0 radical (unpaired) electrons. The van der Waals surface area contributed by atoms with Gasteiger partial charge in [0.05, 0.1) is 18.8 Å². The second-order valence-corrected chi connectivity index (χ2v) is 6.73. The van der Waals surface area contributed by atoms with Crippen molar-refractivity contribution in [3.63, 3.8) is 0 Å². The molecule has 0 aliphatic carbocycles. The fourth-order valence-corrected chi connectivity index (χ4v) is 2.80. The molecule has 4 heteroatoms. The molecule has 0 aromatic carbocycles. The van der Waals surface area contributed by atoms with Gasteiger partial charge < -0.3 is 15.5 Å². The number of allylic oxidation sites excluding steroid dienone is 1. The quantitative estimate of drug-likeness (QED) is 0.292. The molecule has 0 aromatic rings. The molecule has 0 rings (SSSR count).